The lowest BCUT2D eigenvalue weighted by Gasteiger charge is -2.33. The van der Waals surface area contributed by atoms with Gasteiger partial charge in [-0.2, -0.15) is 4.98 Å². The molecule has 156 valence electrons. The van der Waals surface area contributed by atoms with Crippen LogP contribution >= 0.6 is 0 Å². The van der Waals surface area contributed by atoms with Gasteiger partial charge in [0, 0.05) is 19.0 Å². The van der Waals surface area contributed by atoms with E-state index in [0.29, 0.717) is 0 Å². The molecule has 4 atom stereocenters. The second kappa shape index (κ2) is 8.23. The summed E-state index contributed by atoms with van der Waals surface area (Å²) < 4.78 is 31.0. The maximum Gasteiger partial charge on any atom is 0.351 e. The van der Waals surface area contributed by atoms with Gasteiger partial charge in [0.25, 0.3) is 0 Å². The highest BCUT2D eigenvalue weighted by Gasteiger charge is 2.65. The van der Waals surface area contributed by atoms with Crippen molar-refractivity contribution in [2.75, 3.05) is 19.0 Å². The molecule has 0 bridgehead atoms. The number of anilines is 1. The van der Waals surface area contributed by atoms with Crippen LogP contribution in [-0.4, -0.2) is 57.2 Å². The number of alkyl halides is 1. The van der Waals surface area contributed by atoms with Gasteiger partial charge in [0.2, 0.25) is 0 Å². The first-order valence-corrected chi connectivity index (χ1v) is 8.77. The summed E-state index contributed by atoms with van der Waals surface area (Å²) in [5, 5.41) is 11.1. The standard InChI is InChI=1S/C17H24FN3O7/c1-4-11(22)26-9-17(8-18)13(27-12(23)5-2)16(3,25)14(28-17)21-7-6-10(19)20-15(21)24/h6-7,13-14,25H,4-5,8-9H2,1-3H3,(H2,19,20,24)/t13?,14-,16-,17-/m1/s1. The number of ether oxygens (including phenoxy) is 3. The fourth-order valence-electron chi connectivity index (χ4n) is 3.00. The first-order chi connectivity index (χ1) is 13.1. The highest BCUT2D eigenvalue weighted by Crippen LogP contribution is 2.46. The van der Waals surface area contributed by atoms with Gasteiger partial charge in [0.05, 0.1) is 0 Å². The van der Waals surface area contributed by atoms with Crippen LogP contribution in [0, 0.1) is 0 Å². The fraction of sp³-hybridized carbons (Fsp3) is 0.647. The number of esters is 2. The quantitative estimate of drug-likeness (QED) is 0.607. The summed E-state index contributed by atoms with van der Waals surface area (Å²) >= 11 is 0. The van der Waals surface area contributed by atoms with E-state index in [4.69, 9.17) is 19.9 Å². The van der Waals surface area contributed by atoms with Crippen LogP contribution in [0.15, 0.2) is 17.1 Å². The molecule has 0 saturated carbocycles. The molecule has 1 unspecified atom stereocenters. The average molecular weight is 401 g/mol. The van der Waals surface area contributed by atoms with Crippen molar-refractivity contribution in [2.45, 2.75) is 57.1 Å². The van der Waals surface area contributed by atoms with Crippen LogP contribution in [0.2, 0.25) is 0 Å². The molecule has 1 aromatic rings. The van der Waals surface area contributed by atoms with Gasteiger partial charge in [-0.1, -0.05) is 13.8 Å². The Hall–Kier alpha value is -2.53. The number of aromatic nitrogens is 2. The van der Waals surface area contributed by atoms with Crippen molar-refractivity contribution >= 4 is 17.8 Å². The Kier molecular flexibility index (Phi) is 6.40. The molecule has 3 N–H and O–H groups in total. The number of carbonyl (C=O) groups excluding carboxylic acids is 2. The Bertz CT molecular complexity index is 797. The van der Waals surface area contributed by atoms with E-state index >= 15 is 0 Å². The maximum atomic E-state index is 14.2. The number of rotatable bonds is 7. The molecule has 1 saturated heterocycles. The number of nitrogen functional groups attached to an aromatic ring is 1. The predicted molar refractivity (Wildman–Crippen MR) is 93.8 cm³/mol. The molecule has 0 amide bonds. The molecule has 10 nitrogen and oxygen atoms in total. The van der Waals surface area contributed by atoms with Crippen LogP contribution in [0.3, 0.4) is 0 Å². The number of aliphatic hydroxyl groups is 1. The zero-order valence-electron chi connectivity index (χ0n) is 15.9. The monoisotopic (exact) mass is 401 g/mol. The number of carbonyl (C=O) groups is 2. The van der Waals surface area contributed by atoms with Crippen molar-refractivity contribution in [1.82, 2.24) is 9.55 Å². The van der Waals surface area contributed by atoms with Crippen molar-refractivity contribution in [3.05, 3.63) is 22.7 Å². The summed E-state index contributed by atoms with van der Waals surface area (Å²) in [6.07, 6.45) is -1.83. The summed E-state index contributed by atoms with van der Waals surface area (Å²) in [6.45, 7) is 2.42. The summed E-state index contributed by atoms with van der Waals surface area (Å²) in [5.74, 6) is -1.41. The van der Waals surface area contributed by atoms with Gasteiger partial charge in [-0.15, -0.1) is 0 Å². The van der Waals surface area contributed by atoms with Crippen LogP contribution in [0.5, 0.6) is 0 Å². The van der Waals surface area contributed by atoms with Gasteiger partial charge in [0.1, 0.15) is 24.7 Å². The Labute approximate surface area is 160 Å². The van der Waals surface area contributed by atoms with Gasteiger partial charge >= 0.3 is 17.6 Å². The summed E-state index contributed by atoms with van der Waals surface area (Å²) in [6, 6.07) is 1.29. The molecule has 0 spiro atoms. The number of hydrogen-bond acceptors (Lipinski definition) is 9. The number of nitrogens with zero attached hydrogens (tertiary/aromatic N) is 2. The molecule has 1 aromatic heterocycles. The molecular formula is C17H24FN3O7. The number of hydrogen-bond donors (Lipinski definition) is 2. The maximum absolute atomic E-state index is 14.2. The van der Waals surface area contributed by atoms with E-state index in [9.17, 15) is 23.9 Å². The molecule has 0 aliphatic carbocycles. The van der Waals surface area contributed by atoms with Crippen molar-refractivity contribution in [2.24, 2.45) is 0 Å². The Morgan fingerprint density at radius 3 is 2.57 bits per heavy atom. The zero-order valence-corrected chi connectivity index (χ0v) is 15.9. The normalized spacial score (nSPS) is 29.5. The molecular weight excluding hydrogens is 377 g/mol. The highest BCUT2D eigenvalue weighted by molar-refractivity contribution is 5.70. The van der Waals surface area contributed by atoms with Gasteiger partial charge < -0.3 is 25.1 Å². The van der Waals surface area contributed by atoms with Crippen molar-refractivity contribution < 1.29 is 33.3 Å². The zero-order chi connectivity index (χ0) is 21.1. The molecule has 1 aliphatic heterocycles. The van der Waals surface area contributed by atoms with Crippen molar-refractivity contribution in [3.63, 3.8) is 0 Å². The van der Waals surface area contributed by atoms with Crippen molar-refractivity contribution in [3.8, 4) is 0 Å². The molecule has 0 aromatic carbocycles. The third-order valence-electron chi connectivity index (χ3n) is 4.49. The highest BCUT2D eigenvalue weighted by atomic mass is 19.1. The van der Waals surface area contributed by atoms with E-state index in [-0.39, 0.29) is 18.7 Å². The summed E-state index contributed by atoms with van der Waals surface area (Å²) in [4.78, 5) is 39.2. The van der Waals surface area contributed by atoms with Crippen LogP contribution in [-0.2, 0) is 23.8 Å². The third kappa shape index (κ3) is 3.99. The number of nitrogens with two attached hydrogens (primary N) is 1. The first kappa shape index (κ1) is 21.8. The minimum absolute atomic E-state index is 0.0307. The Balaban J connectivity index is 2.51. The molecule has 2 rings (SSSR count). The minimum atomic E-state index is -2.04. The van der Waals surface area contributed by atoms with Crippen LogP contribution in [0.4, 0.5) is 10.2 Å². The second-order valence-electron chi connectivity index (χ2n) is 6.67. The van der Waals surface area contributed by atoms with Crippen LogP contribution in [0.1, 0.15) is 39.8 Å². The Morgan fingerprint density at radius 2 is 2.04 bits per heavy atom. The second-order valence-corrected chi connectivity index (χ2v) is 6.67. The van der Waals surface area contributed by atoms with Crippen LogP contribution < -0.4 is 11.4 Å². The predicted octanol–water partition coefficient (Wildman–Crippen LogP) is 0.0886. The van der Waals surface area contributed by atoms with Gasteiger partial charge in [-0.3, -0.25) is 14.2 Å². The van der Waals surface area contributed by atoms with E-state index in [1.54, 1.807) is 6.92 Å². The number of halogens is 1. The fourth-order valence-corrected chi connectivity index (χ4v) is 3.00. The molecule has 2 heterocycles. The van der Waals surface area contributed by atoms with E-state index < -0.39 is 54.4 Å². The summed E-state index contributed by atoms with van der Waals surface area (Å²) in [7, 11) is 0. The van der Waals surface area contributed by atoms with E-state index in [0.717, 1.165) is 4.57 Å². The summed E-state index contributed by atoms with van der Waals surface area (Å²) in [5.41, 5.74) is 0.557. The van der Waals surface area contributed by atoms with Gasteiger partial charge in [0.15, 0.2) is 17.9 Å². The molecule has 11 heteroatoms. The lowest BCUT2D eigenvalue weighted by molar-refractivity contribution is -0.183. The SMILES string of the molecule is CCC(=O)OC[C@@]1(CF)O[C@@H](n2ccc(N)nc2=O)[C@](C)(O)C1OC(=O)CC. The molecule has 1 fully saturated rings. The van der Waals surface area contributed by atoms with E-state index in [1.807, 2.05) is 0 Å². The first-order valence-electron chi connectivity index (χ1n) is 8.77. The third-order valence-corrected chi connectivity index (χ3v) is 4.49. The van der Waals surface area contributed by atoms with Crippen LogP contribution in [0.25, 0.3) is 0 Å². The molecule has 0 radical (unpaired) electrons. The largest absolute Gasteiger partial charge is 0.462 e. The molecule has 1 aliphatic rings. The topological polar surface area (TPSA) is 143 Å². The Morgan fingerprint density at radius 1 is 1.39 bits per heavy atom. The smallest absolute Gasteiger partial charge is 0.351 e. The molecule has 28 heavy (non-hydrogen) atoms. The average Bonchev–Trinajstić information content (AvgIpc) is 2.87. The lowest BCUT2D eigenvalue weighted by Crippen LogP contribution is -2.55. The van der Waals surface area contributed by atoms with Gasteiger partial charge in [-0.05, 0) is 13.0 Å². The van der Waals surface area contributed by atoms with Crippen molar-refractivity contribution in [1.29, 1.82) is 0 Å². The lowest BCUT2D eigenvalue weighted by atomic mass is 9.88. The minimum Gasteiger partial charge on any atom is -0.462 e. The van der Waals surface area contributed by atoms with E-state index in [2.05, 4.69) is 4.98 Å². The van der Waals surface area contributed by atoms with E-state index in [1.165, 1.54) is 26.1 Å². The van der Waals surface area contributed by atoms with Gasteiger partial charge in [-0.25, -0.2) is 9.18 Å².